The monoisotopic (exact) mass is 270 g/mol. The van der Waals surface area contributed by atoms with Crippen LogP contribution in [0.25, 0.3) is 11.1 Å². The molecule has 1 aromatic carbocycles. The highest BCUT2D eigenvalue weighted by Crippen LogP contribution is 2.34. The van der Waals surface area contributed by atoms with Gasteiger partial charge in [-0.05, 0) is 57.3 Å². The molecule has 2 fully saturated rings. The first kappa shape index (κ1) is 12.4. The van der Waals surface area contributed by atoms with Crippen LogP contribution < -0.4 is 0 Å². The van der Waals surface area contributed by atoms with Gasteiger partial charge in [-0.2, -0.15) is 0 Å². The standard InChI is InChI=1S/C17H22N2O/c1-12-4-2-7-15-16(12)20-17(18-15)13-8-10-19(11-9-13)14-5-3-6-14/h2,4,7,13-14H,3,5-6,8-11H2,1H3. The maximum absolute atomic E-state index is 6.04. The molecule has 106 valence electrons. The highest BCUT2D eigenvalue weighted by Gasteiger charge is 2.30. The lowest BCUT2D eigenvalue weighted by molar-refractivity contribution is 0.0938. The number of para-hydroxylation sites is 1. The summed E-state index contributed by atoms with van der Waals surface area (Å²) in [6.07, 6.45) is 6.64. The molecule has 1 aliphatic carbocycles. The zero-order chi connectivity index (χ0) is 13.5. The molecule has 2 aromatic rings. The molecular weight excluding hydrogens is 248 g/mol. The van der Waals surface area contributed by atoms with E-state index in [2.05, 4.69) is 30.0 Å². The topological polar surface area (TPSA) is 29.3 Å². The average molecular weight is 270 g/mol. The molecule has 1 saturated heterocycles. The molecule has 0 bridgehead atoms. The number of benzene rings is 1. The Morgan fingerprint density at radius 3 is 2.60 bits per heavy atom. The van der Waals surface area contributed by atoms with Crippen LogP contribution in [0.3, 0.4) is 0 Å². The fraction of sp³-hybridized carbons (Fsp3) is 0.588. The molecule has 0 spiro atoms. The molecule has 1 aromatic heterocycles. The summed E-state index contributed by atoms with van der Waals surface area (Å²) < 4.78 is 6.04. The number of aryl methyl sites for hydroxylation is 1. The van der Waals surface area contributed by atoms with Crippen molar-refractivity contribution in [1.29, 1.82) is 0 Å². The van der Waals surface area contributed by atoms with E-state index in [0.717, 1.165) is 23.0 Å². The van der Waals surface area contributed by atoms with E-state index in [0.29, 0.717) is 5.92 Å². The quantitative estimate of drug-likeness (QED) is 0.829. The highest BCUT2D eigenvalue weighted by molar-refractivity contribution is 5.76. The summed E-state index contributed by atoms with van der Waals surface area (Å²) in [6.45, 7) is 4.52. The van der Waals surface area contributed by atoms with Crippen molar-refractivity contribution in [3.05, 3.63) is 29.7 Å². The number of nitrogens with zero attached hydrogens (tertiary/aromatic N) is 2. The van der Waals surface area contributed by atoms with Crippen LogP contribution in [0.4, 0.5) is 0 Å². The molecule has 3 heteroatoms. The van der Waals surface area contributed by atoms with E-state index in [1.807, 2.05) is 0 Å². The summed E-state index contributed by atoms with van der Waals surface area (Å²) in [5, 5.41) is 0. The first-order chi connectivity index (χ1) is 9.81. The average Bonchev–Trinajstić information content (AvgIpc) is 2.83. The van der Waals surface area contributed by atoms with Crippen LogP contribution in [0.5, 0.6) is 0 Å². The van der Waals surface area contributed by atoms with Crippen LogP contribution in [-0.2, 0) is 0 Å². The zero-order valence-corrected chi connectivity index (χ0v) is 12.1. The van der Waals surface area contributed by atoms with Crippen LogP contribution in [0, 0.1) is 6.92 Å². The van der Waals surface area contributed by atoms with Crippen molar-refractivity contribution in [2.24, 2.45) is 0 Å². The molecule has 0 unspecified atom stereocenters. The van der Waals surface area contributed by atoms with Gasteiger partial charge in [-0.1, -0.05) is 18.6 Å². The van der Waals surface area contributed by atoms with Gasteiger partial charge in [0.2, 0.25) is 0 Å². The third kappa shape index (κ3) is 2.05. The third-order valence-electron chi connectivity index (χ3n) is 5.10. The first-order valence-corrected chi connectivity index (χ1v) is 7.91. The second-order valence-corrected chi connectivity index (χ2v) is 6.37. The number of aromatic nitrogens is 1. The Morgan fingerprint density at radius 1 is 1.15 bits per heavy atom. The molecule has 0 amide bonds. The van der Waals surface area contributed by atoms with Gasteiger partial charge >= 0.3 is 0 Å². The van der Waals surface area contributed by atoms with E-state index in [1.54, 1.807) is 0 Å². The van der Waals surface area contributed by atoms with Crippen LogP contribution in [-0.4, -0.2) is 29.0 Å². The van der Waals surface area contributed by atoms with Gasteiger partial charge in [-0.25, -0.2) is 4.98 Å². The largest absolute Gasteiger partial charge is 0.440 e. The predicted octanol–water partition coefficient (Wildman–Crippen LogP) is 3.87. The van der Waals surface area contributed by atoms with E-state index in [-0.39, 0.29) is 0 Å². The Morgan fingerprint density at radius 2 is 1.95 bits per heavy atom. The molecule has 0 radical (unpaired) electrons. The Hall–Kier alpha value is -1.35. The lowest BCUT2D eigenvalue weighted by Gasteiger charge is -2.41. The van der Waals surface area contributed by atoms with Gasteiger partial charge in [-0.3, -0.25) is 0 Å². The van der Waals surface area contributed by atoms with Crippen molar-refractivity contribution in [3.8, 4) is 0 Å². The lowest BCUT2D eigenvalue weighted by Crippen LogP contribution is -2.44. The number of hydrogen-bond acceptors (Lipinski definition) is 3. The summed E-state index contributed by atoms with van der Waals surface area (Å²) in [7, 11) is 0. The zero-order valence-electron chi connectivity index (χ0n) is 12.1. The van der Waals surface area contributed by atoms with Crippen LogP contribution in [0.2, 0.25) is 0 Å². The second kappa shape index (κ2) is 4.88. The predicted molar refractivity (Wildman–Crippen MR) is 79.9 cm³/mol. The summed E-state index contributed by atoms with van der Waals surface area (Å²) in [5.74, 6) is 1.47. The molecule has 1 saturated carbocycles. The molecule has 20 heavy (non-hydrogen) atoms. The van der Waals surface area contributed by atoms with Crippen molar-refractivity contribution in [1.82, 2.24) is 9.88 Å². The number of hydrogen-bond donors (Lipinski definition) is 0. The highest BCUT2D eigenvalue weighted by atomic mass is 16.3. The van der Waals surface area contributed by atoms with Gasteiger partial charge in [0, 0.05) is 12.0 Å². The van der Waals surface area contributed by atoms with Crippen molar-refractivity contribution in [2.75, 3.05) is 13.1 Å². The van der Waals surface area contributed by atoms with E-state index < -0.39 is 0 Å². The van der Waals surface area contributed by atoms with Crippen molar-refractivity contribution >= 4 is 11.1 Å². The fourth-order valence-electron chi connectivity index (χ4n) is 3.54. The molecule has 4 rings (SSSR count). The Labute approximate surface area is 120 Å². The van der Waals surface area contributed by atoms with Crippen molar-refractivity contribution in [3.63, 3.8) is 0 Å². The maximum atomic E-state index is 6.04. The van der Waals surface area contributed by atoms with Crippen LogP contribution in [0.1, 0.15) is 49.5 Å². The van der Waals surface area contributed by atoms with Gasteiger partial charge in [-0.15, -0.1) is 0 Å². The minimum atomic E-state index is 0.512. The second-order valence-electron chi connectivity index (χ2n) is 6.37. The van der Waals surface area contributed by atoms with Crippen LogP contribution >= 0.6 is 0 Å². The first-order valence-electron chi connectivity index (χ1n) is 7.91. The Bertz CT molecular complexity index is 606. The summed E-state index contributed by atoms with van der Waals surface area (Å²) >= 11 is 0. The summed E-state index contributed by atoms with van der Waals surface area (Å²) in [6, 6.07) is 7.08. The smallest absolute Gasteiger partial charge is 0.198 e. The number of likely N-dealkylation sites (tertiary alicyclic amines) is 1. The molecule has 2 aliphatic rings. The van der Waals surface area contributed by atoms with Crippen molar-refractivity contribution < 1.29 is 4.42 Å². The molecule has 0 N–H and O–H groups in total. The Balaban J connectivity index is 1.51. The van der Waals surface area contributed by atoms with Gasteiger partial charge in [0.25, 0.3) is 0 Å². The lowest BCUT2D eigenvalue weighted by atomic mass is 9.88. The minimum absolute atomic E-state index is 0.512. The number of rotatable bonds is 2. The molecule has 2 heterocycles. The molecule has 0 atom stereocenters. The summed E-state index contributed by atoms with van der Waals surface area (Å²) in [4.78, 5) is 7.39. The molecule has 3 nitrogen and oxygen atoms in total. The van der Waals surface area contributed by atoms with E-state index >= 15 is 0 Å². The maximum Gasteiger partial charge on any atom is 0.198 e. The van der Waals surface area contributed by atoms with Gasteiger partial charge < -0.3 is 9.32 Å². The van der Waals surface area contributed by atoms with Gasteiger partial charge in [0.05, 0.1) is 0 Å². The van der Waals surface area contributed by atoms with E-state index in [4.69, 9.17) is 9.40 Å². The van der Waals surface area contributed by atoms with Gasteiger partial charge in [0.1, 0.15) is 5.52 Å². The third-order valence-corrected chi connectivity index (χ3v) is 5.10. The van der Waals surface area contributed by atoms with E-state index in [1.165, 1.54) is 50.8 Å². The van der Waals surface area contributed by atoms with Crippen LogP contribution in [0.15, 0.2) is 22.6 Å². The number of piperidine rings is 1. The summed E-state index contributed by atoms with van der Waals surface area (Å²) in [5.41, 5.74) is 3.18. The SMILES string of the molecule is Cc1cccc2nc(C3CCN(C4CCC4)CC3)oc12. The minimum Gasteiger partial charge on any atom is -0.440 e. The molecule has 1 aliphatic heterocycles. The molecular formula is C17H22N2O. The fourth-order valence-corrected chi connectivity index (χ4v) is 3.54. The number of oxazole rings is 1. The van der Waals surface area contributed by atoms with E-state index in [9.17, 15) is 0 Å². The van der Waals surface area contributed by atoms with Gasteiger partial charge in [0.15, 0.2) is 11.5 Å². The normalized spacial score (nSPS) is 22.2. The Kier molecular flexibility index (Phi) is 3.03. The number of fused-ring (bicyclic) bond motifs is 1. The van der Waals surface area contributed by atoms with Crippen molar-refractivity contribution in [2.45, 2.75) is 51.0 Å².